The lowest BCUT2D eigenvalue weighted by atomic mass is 10.6. The summed E-state index contributed by atoms with van der Waals surface area (Å²) in [6.07, 6.45) is 1.44. The highest BCUT2D eigenvalue weighted by Crippen LogP contribution is 1.93. The van der Waals surface area contributed by atoms with Gasteiger partial charge in [-0.2, -0.15) is 5.10 Å². The Morgan fingerprint density at radius 2 is 2.44 bits per heavy atom. The van der Waals surface area contributed by atoms with Crippen LogP contribution < -0.4 is 0 Å². The maximum Gasteiger partial charge on any atom is 0.207 e. The van der Waals surface area contributed by atoms with E-state index in [4.69, 9.17) is 4.55 Å². The topological polar surface area (TPSA) is 63.1 Å². The van der Waals surface area contributed by atoms with E-state index in [1.165, 1.54) is 12.3 Å². The van der Waals surface area contributed by atoms with Gasteiger partial charge < -0.3 is 4.55 Å². The average Bonchev–Trinajstić information content (AvgIpc) is 1.90. The second kappa shape index (κ2) is 2.65. The van der Waals surface area contributed by atoms with Gasteiger partial charge in [-0.05, 0) is 12.1 Å². The van der Waals surface area contributed by atoms with Crippen LogP contribution in [0.2, 0.25) is 0 Å². The number of rotatable bonds is 1. The fourth-order valence-corrected chi connectivity index (χ4v) is 0.693. The van der Waals surface area contributed by atoms with Crippen molar-refractivity contribution in [2.75, 3.05) is 0 Å². The molecular weight excluding hydrogens is 140 g/mol. The molecule has 0 aliphatic carbocycles. The zero-order valence-corrected chi connectivity index (χ0v) is 5.21. The SMILES string of the molecule is O=S(O)c1cccnn1. The molecule has 0 amide bonds. The van der Waals surface area contributed by atoms with Gasteiger partial charge in [0, 0.05) is 6.20 Å². The van der Waals surface area contributed by atoms with Crippen LogP contribution in [0.5, 0.6) is 0 Å². The first kappa shape index (κ1) is 6.31. The Hall–Kier alpha value is -0.810. The Morgan fingerprint density at radius 1 is 1.67 bits per heavy atom. The molecule has 4 nitrogen and oxygen atoms in total. The third-order valence-electron chi connectivity index (χ3n) is 0.727. The van der Waals surface area contributed by atoms with Crippen molar-refractivity contribution in [1.29, 1.82) is 0 Å². The lowest BCUT2D eigenvalue weighted by Gasteiger charge is -1.86. The summed E-state index contributed by atoms with van der Waals surface area (Å²) in [6, 6.07) is 2.99. The minimum absolute atomic E-state index is 0.0810. The van der Waals surface area contributed by atoms with Crippen molar-refractivity contribution in [3.8, 4) is 0 Å². The highest BCUT2D eigenvalue weighted by Gasteiger charge is 1.97. The van der Waals surface area contributed by atoms with Gasteiger partial charge in [0.2, 0.25) is 11.1 Å². The molecule has 0 fully saturated rings. The molecule has 48 valence electrons. The van der Waals surface area contributed by atoms with Crippen LogP contribution in [0.15, 0.2) is 23.4 Å². The maximum atomic E-state index is 10.2. The summed E-state index contributed by atoms with van der Waals surface area (Å²) in [5, 5.41) is 6.86. The molecule has 1 aromatic heterocycles. The number of nitrogens with zero attached hydrogens (tertiary/aromatic N) is 2. The van der Waals surface area contributed by atoms with E-state index >= 15 is 0 Å². The molecular formula is C4H4N2O2S. The third kappa shape index (κ3) is 1.55. The Bertz CT molecular complexity index is 213. The van der Waals surface area contributed by atoms with Crippen molar-refractivity contribution in [1.82, 2.24) is 10.2 Å². The van der Waals surface area contributed by atoms with E-state index in [0.29, 0.717) is 0 Å². The molecule has 0 bridgehead atoms. The molecule has 0 spiro atoms. The van der Waals surface area contributed by atoms with Gasteiger partial charge in [-0.1, -0.05) is 0 Å². The van der Waals surface area contributed by atoms with Crippen molar-refractivity contribution >= 4 is 11.1 Å². The van der Waals surface area contributed by atoms with Gasteiger partial charge in [0.1, 0.15) is 0 Å². The summed E-state index contributed by atoms with van der Waals surface area (Å²) in [5.41, 5.74) is 0. The first-order valence-electron chi connectivity index (χ1n) is 2.19. The first-order valence-corrected chi connectivity index (χ1v) is 3.30. The number of hydrogen-bond acceptors (Lipinski definition) is 3. The zero-order valence-electron chi connectivity index (χ0n) is 4.39. The van der Waals surface area contributed by atoms with Gasteiger partial charge in [-0.25, -0.2) is 4.21 Å². The molecule has 1 aromatic rings. The fraction of sp³-hybridized carbons (Fsp3) is 0. The third-order valence-corrected chi connectivity index (χ3v) is 1.30. The van der Waals surface area contributed by atoms with E-state index in [2.05, 4.69) is 10.2 Å². The second-order valence-corrected chi connectivity index (χ2v) is 2.23. The number of hydrogen-bond donors (Lipinski definition) is 1. The molecule has 1 N–H and O–H groups in total. The Kier molecular flexibility index (Phi) is 1.86. The molecule has 0 aromatic carbocycles. The van der Waals surface area contributed by atoms with Crippen molar-refractivity contribution < 1.29 is 8.76 Å². The van der Waals surface area contributed by atoms with Crippen LogP contribution in [0.4, 0.5) is 0 Å². The first-order chi connectivity index (χ1) is 4.30. The Balaban J connectivity index is 2.98. The summed E-state index contributed by atoms with van der Waals surface area (Å²) >= 11 is -2.00. The lowest BCUT2D eigenvalue weighted by molar-refractivity contribution is 0.558. The highest BCUT2D eigenvalue weighted by molar-refractivity contribution is 7.79. The van der Waals surface area contributed by atoms with E-state index in [1.807, 2.05) is 0 Å². The van der Waals surface area contributed by atoms with Crippen LogP contribution in [-0.2, 0) is 11.1 Å². The molecule has 1 atom stereocenters. The molecule has 1 rings (SSSR count). The van der Waals surface area contributed by atoms with E-state index in [1.54, 1.807) is 6.07 Å². The predicted molar refractivity (Wildman–Crippen MR) is 31.1 cm³/mol. The molecule has 0 saturated carbocycles. The van der Waals surface area contributed by atoms with Gasteiger partial charge in [0.25, 0.3) is 0 Å². The molecule has 1 unspecified atom stereocenters. The quantitative estimate of drug-likeness (QED) is 0.566. The molecule has 0 aliphatic heterocycles. The van der Waals surface area contributed by atoms with E-state index in [9.17, 15) is 4.21 Å². The Morgan fingerprint density at radius 3 is 2.78 bits per heavy atom. The smallest absolute Gasteiger partial charge is 0.207 e. The second-order valence-electron chi connectivity index (χ2n) is 1.31. The summed E-state index contributed by atoms with van der Waals surface area (Å²) in [4.78, 5) is 0. The summed E-state index contributed by atoms with van der Waals surface area (Å²) < 4.78 is 18.6. The summed E-state index contributed by atoms with van der Waals surface area (Å²) in [5.74, 6) is 0. The van der Waals surface area contributed by atoms with Crippen LogP contribution in [-0.4, -0.2) is 19.0 Å². The number of aromatic nitrogens is 2. The standard InChI is InChI=1S/C4H4N2O2S/c7-9(8)4-2-1-3-5-6-4/h1-3H,(H,7,8). The maximum absolute atomic E-state index is 10.2. The van der Waals surface area contributed by atoms with Crippen molar-refractivity contribution in [2.45, 2.75) is 5.03 Å². The molecule has 0 aliphatic rings. The van der Waals surface area contributed by atoms with Crippen molar-refractivity contribution in [2.24, 2.45) is 0 Å². The highest BCUT2D eigenvalue weighted by atomic mass is 32.2. The van der Waals surface area contributed by atoms with Gasteiger partial charge >= 0.3 is 0 Å². The molecule has 0 saturated heterocycles. The van der Waals surface area contributed by atoms with Crippen LogP contribution in [0, 0.1) is 0 Å². The summed E-state index contributed by atoms with van der Waals surface area (Å²) in [7, 11) is 0. The zero-order chi connectivity index (χ0) is 6.69. The van der Waals surface area contributed by atoms with Crippen LogP contribution >= 0.6 is 0 Å². The van der Waals surface area contributed by atoms with Crippen LogP contribution in [0.3, 0.4) is 0 Å². The largest absolute Gasteiger partial charge is 0.301 e. The van der Waals surface area contributed by atoms with E-state index < -0.39 is 11.1 Å². The minimum Gasteiger partial charge on any atom is -0.301 e. The van der Waals surface area contributed by atoms with Crippen molar-refractivity contribution in [3.63, 3.8) is 0 Å². The lowest BCUT2D eigenvalue weighted by Crippen LogP contribution is -1.92. The minimum atomic E-state index is -2.00. The molecule has 5 heteroatoms. The Labute approximate surface area is 54.2 Å². The average molecular weight is 144 g/mol. The fourth-order valence-electron chi connectivity index (χ4n) is 0.381. The van der Waals surface area contributed by atoms with Gasteiger partial charge in [0.15, 0.2) is 5.03 Å². The van der Waals surface area contributed by atoms with Crippen LogP contribution in [0.1, 0.15) is 0 Å². The van der Waals surface area contributed by atoms with E-state index in [-0.39, 0.29) is 5.03 Å². The molecule has 0 radical (unpaired) electrons. The monoisotopic (exact) mass is 144 g/mol. The van der Waals surface area contributed by atoms with Gasteiger partial charge in [-0.15, -0.1) is 5.10 Å². The van der Waals surface area contributed by atoms with E-state index in [0.717, 1.165) is 0 Å². The van der Waals surface area contributed by atoms with Crippen molar-refractivity contribution in [3.05, 3.63) is 18.3 Å². The van der Waals surface area contributed by atoms with Crippen LogP contribution in [0.25, 0.3) is 0 Å². The molecule has 1 heterocycles. The normalized spacial score (nSPS) is 13.0. The molecule has 9 heavy (non-hydrogen) atoms. The van der Waals surface area contributed by atoms with Gasteiger partial charge in [0.05, 0.1) is 0 Å². The summed E-state index contributed by atoms with van der Waals surface area (Å²) in [6.45, 7) is 0. The van der Waals surface area contributed by atoms with Gasteiger partial charge in [-0.3, -0.25) is 0 Å². The predicted octanol–water partition coefficient (Wildman–Crippen LogP) is 0.0572.